The summed E-state index contributed by atoms with van der Waals surface area (Å²) in [6, 6.07) is 18.5. The van der Waals surface area contributed by atoms with Crippen LogP contribution in [0.5, 0.6) is 5.75 Å². The number of amides is 3. The van der Waals surface area contributed by atoms with Crippen molar-refractivity contribution in [2.45, 2.75) is 50.6 Å². The predicted molar refractivity (Wildman–Crippen MR) is 150 cm³/mol. The smallest absolute Gasteiger partial charge is 0.254 e. The maximum Gasteiger partial charge on any atom is 0.254 e. The van der Waals surface area contributed by atoms with Gasteiger partial charge in [-0.2, -0.15) is 0 Å². The highest BCUT2D eigenvalue weighted by Gasteiger charge is 2.42. The number of hydrogen-bond donors (Lipinski definition) is 5. The zero-order valence-corrected chi connectivity index (χ0v) is 22.7. The van der Waals surface area contributed by atoms with Gasteiger partial charge in [-0.05, 0) is 42.7 Å². The van der Waals surface area contributed by atoms with Crippen LogP contribution >= 0.6 is 11.6 Å². The van der Waals surface area contributed by atoms with E-state index in [9.17, 15) is 29.7 Å². The van der Waals surface area contributed by atoms with Crippen molar-refractivity contribution < 1.29 is 29.7 Å². The number of carbonyl (C=O) groups is 3. The lowest BCUT2D eigenvalue weighted by Crippen LogP contribution is -2.55. The number of nitrogens with one attached hydrogen (secondary N) is 2. The number of β-amino-alcohol motifs (C(OH)–C–C–N with tert-alkyl or cyclic N) is 1. The van der Waals surface area contributed by atoms with Crippen molar-refractivity contribution in [3.63, 3.8) is 0 Å². The third-order valence-electron chi connectivity index (χ3n) is 7.07. The molecule has 0 saturated carbocycles. The molecular formula is C30H32ClN3O6. The quantitative estimate of drug-likeness (QED) is 0.270. The first-order valence-corrected chi connectivity index (χ1v) is 13.3. The first-order valence-electron chi connectivity index (χ1n) is 13.0. The first kappa shape index (κ1) is 29.1. The minimum Gasteiger partial charge on any atom is -0.508 e. The van der Waals surface area contributed by atoms with E-state index in [2.05, 4.69) is 10.6 Å². The first-order chi connectivity index (χ1) is 19.2. The van der Waals surface area contributed by atoms with Gasteiger partial charge < -0.3 is 30.9 Å². The Morgan fingerprint density at radius 2 is 1.73 bits per heavy atom. The number of hydrogen-bond acceptors (Lipinski definition) is 6. The Kier molecular flexibility index (Phi) is 9.42. The van der Waals surface area contributed by atoms with Crippen LogP contribution in [0.3, 0.4) is 0 Å². The molecule has 1 aliphatic heterocycles. The van der Waals surface area contributed by atoms with Gasteiger partial charge in [0.2, 0.25) is 5.91 Å². The summed E-state index contributed by atoms with van der Waals surface area (Å²) < 4.78 is 0. The average Bonchev–Trinajstić information content (AvgIpc) is 3.35. The minimum atomic E-state index is -1.72. The van der Waals surface area contributed by atoms with E-state index in [1.54, 1.807) is 55.5 Å². The van der Waals surface area contributed by atoms with Crippen LogP contribution in [0.2, 0.25) is 5.02 Å². The number of carbonyl (C=O) groups excluding carboxylic acids is 3. The highest BCUT2D eigenvalue weighted by Crippen LogP contribution is 2.23. The summed E-state index contributed by atoms with van der Waals surface area (Å²) in [6.07, 6.45) is -2.54. The van der Waals surface area contributed by atoms with E-state index in [0.717, 1.165) is 10.5 Å². The zero-order chi connectivity index (χ0) is 28.8. The number of aromatic hydroxyl groups is 1. The van der Waals surface area contributed by atoms with Crippen molar-refractivity contribution in [1.29, 1.82) is 0 Å². The second kappa shape index (κ2) is 13.0. The molecule has 0 aromatic heterocycles. The van der Waals surface area contributed by atoms with Gasteiger partial charge >= 0.3 is 0 Å². The molecule has 10 heteroatoms. The third kappa shape index (κ3) is 6.80. The largest absolute Gasteiger partial charge is 0.508 e. The number of benzene rings is 3. The molecule has 0 spiro atoms. The molecule has 0 radical (unpaired) electrons. The number of rotatable bonds is 9. The summed E-state index contributed by atoms with van der Waals surface area (Å²) in [6.45, 7) is 1.58. The Labute approximate surface area is 237 Å². The molecule has 4 unspecified atom stereocenters. The molecule has 4 atom stereocenters. The Morgan fingerprint density at radius 1 is 1.02 bits per heavy atom. The van der Waals surface area contributed by atoms with Gasteiger partial charge in [0, 0.05) is 35.7 Å². The second-order valence-electron chi connectivity index (χ2n) is 9.87. The molecular weight excluding hydrogens is 534 g/mol. The molecule has 3 aromatic rings. The Hall–Kier alpha value is -3.92. The highest BCUT2D eigenvalue weighted by atomic mass is 35.5. The van der Waals surface area contributed by atoms with E-state index in [4.69, 9.17) is 11.6 Å². The van der Waals surface area contributed by atoms with Crippen molar-refractivity contribution >= 4 is 29.3 Å². The van der Waals surface area contributed by atoms with Crippen LogP contribution in [-0.4, -0.2) is 68.8 Å². The maximum atomic E-state index is 13.6. The standard InChI is InChI=1S/C30H32ClN3O6/c1-18-22(11-7-13-26(18)36)28(38)33-24(14-19-8-3-2-4-9-19)27(37)30(40)34-17-21(35)15-25(34)29(39)32-16-20-10-5-6-12-23(20)31/h2-13,21,24-25,27,35-37H,14-17H2,1H3,(H,32,39)(H,33,38). The number of phenols is 1. The van der Waals surface area contributed by atoms with E-state index in [1.165, 1.54) is 18.2 Å². The van der Waals surface area contributed by atoms with Crippen molar-refractivity contribution in [2.24, 2.45) is 0 Å². The fourth-order valence-electron chi connectivity index (χ4n) is 4.82. The van der Waals surface area contributed by atoms with Gasteiger partial charge in [0.25, 0.3) is 11.8 Å². The van der Waals surface area contributed by atoms with Gasteiger partial charge in [-0.1, -0.05) is 66.2 Å². The number of nitrogens with zero attached hydrogens (tertiary/aromatic N) is 1. The molecule has 1 heterocycles. The predicted octanol–water partition coefficient (Wildman–Crippen LogP) is 2.33. The molecule has 0 bridgehead atoms. The lowest BCUT2D eigenvalue weighted by Gasteiger charge is -2.30. The van der Waals surface area contributed by atoms with Crippen LogP contribution in [0.25, 0.3) is 0 Å². The lowest BCUT2D eigenvalue weighted by molar-refractivity contribution is -0.146. The molecule has 4 rings (SSSR count). The molecule has 0 aliphatic carbocycles. The van der Waals surface area contributed by atoms with Crippen LogP contribution < -0.4 is 10.6 Å². The van der Waals surface area contributed by atoms with Crippen LogP contribution in [0.15, 0.2) is 72.8 Å². The van der Waals surface area contributed by atoms with Gasteiger partial charge in [0.15, 0.2) is 6.10 Å². The summed E-state index contributed by atoms with van der Waals surface area (Å²) in [5.74, 6) is -1.91. The Morgan fingerprint density at radius 3 is 2.45 bits per heavy atom. The highest BCUT2D eigenvalue weighted by molar-refractivity contribution is 6.31. The fraction of sp³-hybridized carbons (Fsp3) is 0.300. The van der Waals surface area contributed by atoms with E-state index in [0.29, 0.717) is 16.1 Å². The zero-order valence-electron chi connectivity index (χ0n) is 22.0. The molecule has 1 fully saturated rings. The molecule has 3 amide bonds. The topological polar surface area (TPSA) is 139 Å². The van der Waals surface area contributed by atoms with Gasteiger partial charge in [0.1, 0.15) is 11.8 Å². The van der Waals surface area contributed by atoms with Gasteiger partial charge in [0.05, 0.1) is 12.1 Å². The van der Waals surface area contributed by atoms with Gasteiger partial charge in [-0.25, -0.2) is 0 Å². The van der Waals surface area contributed by atoms with Crippen LogP contribution in [0.1, 0.15) is 33.5 Å². The summed E-state index contributed by atoms with van der Waals surface area (Å²) in [5.41, 5.74) is 2.02. The molecule has 5 N–H and O–H groups in total. The average molecular weight is 566 g/mol. The number of aliphatic hydroxyl groups excluding tert-OH is 2. The number of phenolic OH excluding ortho intramolecular Hbond substituents is 1. The second-order valence-corrected chi connectivity index (χ2v) is 10.3. The minimum absolute atomic E-state index is 0.00497. The molecule has 9 nitrogen and oxygen atoms in total. The Bertz CT molecular complexity index is 1370. The monoisotopic (exact) mass is 565 g/mol. The van der Waals surface area contributed by atoms with Crippen LogP contribution in [0, 0.1) is 6.92 Å². The third-order valence-corrected chi connectivity index (χ3v) is 7.44. The van der Waals surface area contributed by atoms with Crippen LogP contribution in [-0.2, 0) is 22.6 Å². The fourth-order valence-corrected chi connectivity index (χ4v) is 5.02. The molecule has 40 heavy (non-hydrogen) atoms. The van der Waals surface area contributed by atoms with Gasteiger partial charge in [-0.3, -0.25) is 14.4 Å². The molecule has 210 valence electrons. The molecule has 1 aliphatic rings. The number of halogens is 1. The Balaban J connectivity index is 1.52. The van der Waals surface area contributed by atoms with Crippen LogP contribution in [0.4, 0.5) is 0 Å². The SMILES string of the molecule is Cc1c(O)cccc1C(=O)NC(Cc1ccccc1)C(O)C(=O)N1CC(O)CC1C(=O)NCc1ccccc1Cl. The van der Waals surface area contributed by atoms with Gasteiger partial charge in [-0.15, -0.1) is 0 Å². The van der Waals surface area contributed by atoms with E-state index < -0.39 is 42.0 Å². The van der Waals surface area contributed by atoms with E-state index >= 15 is 0 Å². The summed E-state index contributed by atoms with van der Waals surface area (Å²) >= 11 is 6.18. The number of likely N-dealkylation sites (tertiary alicyclic amines) is 1. The normalized spacial score (nSPS) is 18.1. The summed E-state index contributed by atoms with van der Waals surface area (Å²) in [7, 11) is 0. The van der Waals surface area contributed by atoms with E-state index in [1.807, 2.05) is 6.07 Å². The lowest BCUT2D eigenvalue weighted by atomic mass is 9.98. The summed E-state index contributed by atoms with van der Waals surface area (Å²) in [5, 5.41) is 37.6. The molecule has 1 saturated heterocycles. The number of aliphatic hydroxyl groups is 2. The van der Waals surface area contributed by atoms with Crippen molar-refractivity contribution in [2.75, 3.05) is 6.54 Å². The van der Waals surface area contributed by atoms with Crippen molar-refractivity contribution in [1.82, 2.24) is 15.5 Å². The molecule has 3 aromatic carbocycles. The summed E-state index contributed by atoms with van der Waals surface area (Å²) in [4.78, 5) is 41.0. The van der Waals surface area contributed by atoms with Crippen molar-refractivity contribution in [3.05, 3.63) is 100 Å². The maximum absolute atomic E-state index is 13.6. The van der Waals surface area contributed by atoms with E-state index in [-0.39, 0.29) is 37.2 Å². The van der Waals surface area contributed by atoms with Crippen molar-refractivity contribution in [3.8, 4) is 5.75 Å².